The molecule has 0 unspecified atom stereocenters. The van der Waals surface area contributed by atoms with Crippen molar-refractivity contribution >= 4 is 17.3 Å². The van der Waals surface area contributed by atoms with E-state index in [0.717, 1.165) is 17.7 Å². The SMILES string of the molecule is C=CCc1cc(CNc2ccccc2C(=O)Nc2cccc(C(F)(F)F)c2)c[nH]c1=O. The van der Waals surface area contributed by atoms with Crippen LogP contribution in [0.5, 0.6) is 0 Å². The number of halogens is 3. The Bertz CT molecular complexity index is 1150. The summed E-state index contributed by atoms with van der Waals surface area (Å²) in [5.74, 6) is -0.545. The second kappa shape index (κ2) is 9.34. The fraction of sp³-hybridized carbons (Fsp3) is 0.130. The van der Waals surface area contributed by atoms with E-state index >= 15 is 0 Å². The van der Waals surface area contributed by atoms with Gasteiger partial charge in [0.05, 0.1) is 11.1 Å². The lowest BCUT2D eigenvalue weighted by Gasteiger charge is -2.14. The molecule has 0 aliphatic carbocycles. The van der Waals surface area contributed by atoms with Crippen LogP contribution in [0.2, 0.25) is 0 Å². The number of aromatic nitrogens is 1. The zero-order valence-corrected chi connectivity index (χ0v) is 16.4. The molecule has 3 aromatic rings. The van der Waals surface area contributed by atoms with E-state index in [4.69, 9.17) is 0 Å². The van der Waals surface area contributed by atoms with E-state index < -0.39 is 17.6 Å². The van der Waals surface area contributed by atoms with Gasteiger partial charge in [0.15, 0.2) is 0 Å². The fourth-order valence-corrected chi connectivity index (χ4v) is 3.00. The number of rotatable bonds is 7. The Kier molecular flexibility index (Phi) is 6.59. The number of pyridine rings is 1. The van der Waals surface area contributed by atoms with Crippen molar-refractivity contribution in [2.24, 2.45) is 0 Å². The molecule has 3 N–H and O–H groups in total. The topological polar surface area (TPSA) is 74.0 Å². The van der Waals surface area contributed by atoms with Gasteiger partial charge in [-0.05, 0) is 48.4 Å². The number of hydrogen-bond donors (Lipinski definition) is 3. The smallest absolute Gasteiger partial charge is 0.380 e. The van der Waals surface area contributed by atoms with E-state index in [1.165, 1.54) is 12.1 Å². The first kappa shape index (κ1) is 21.9. The van der Waals surface area contributed by atoms with Gasteiger partial charge in [-0.2, -0.15) is 13.2 Å². The van der Waals surface area contributed by atoms with E-state index in [-0.39, 0.29) is 16.8 Å². The summed E-state index contributed by atoms with van der Waals surface area (Å²) in [5, 5.41) is 5.64. The van der Waals surface area contributed by atoms with Crippen molar-refractivity contribution in [3.05, 3.63) is 106 Å². The number of allylic oxidation sites excluding steroid dienone is 1. The standard InChI is InChI=1S/C23H20F3N3O2/c1-2-6-16-11-15(14-28-21(16)30)13-27-20-10-4-3-9-19(20)22(31)29-18-8-5-7-17(12-18)23(24,25)26/h2-5,7-12,14,27H,1,6,13H2,(H,28,30)(H,29,31). The average molecular weight is 427 g/mol. The number of carbonyl (C=O) groups is 1. The number of H-pyrrole nitrogens is 1. The Morgan fingerprint density at radius 1 is 1.10 bits per heavy atom. The molecule has 0 saturated carbocycles. The molecule has 0 spiro atoms. The average Bonchev–Trinajstić information content (AvgIpc) is 2.74. The highest BCUT2D eigenvalue weighted by atomic mass is 19.4. The van der Waals surface area contributed by atoms with Crippen molar-refractivity contribution in [3.63, 3.8) is 0 Å². The summed E-state index contributed by atoms with van der Waals surface area (Å²) >= 11 is 0. The van der Waals surface area contributed by atoms with Crippen LogP contribution in [0.15, 0.2) is 78.2 Å². The van der Waals surface area contributed by atoms with E-state index in [1.807, 2.05) is 0 Å². The van der Waals surface area contributed by atoms with Crippen LogP contribution < -0.4 is 16.2 Å². The Morgan fingerprint density at radius 2 is 1.87 bits per heavy atom. The van der Waals surface area contributed by atoms with Crippen molar-refractivity contribution in [2.45, 2.75) is 19.1 Å². The molecule has 2 aromatic carbocycles. The molecular weight excluding hydrogens is 407 g/mol. The van der Waals surface area contributed by atoms with Crippen LogP contribution in [0.4, 0.5) is 24.5 Å². The molecule has 1 amide bonds. The first-order valence-electron chi connectivity index (χ1n) is 9.41. The predicted octanol–water partition coefficient (Wildman–Crippen LogP) is 4.99. The number of alkyl halides is 3. The van der Waals surface area contributed by atoms with Gasteiger partial charge < -0.3 is 15.6 Å². The van der Waals surface area contributed by atoms with Gasteiger partial charge in [0.2, 0.25) is 0 Å². The Hall–Kier alpha value is -3.81. The maximum absolute atomic E-state index is 12.9. The molecule has 0 saturated heterocycles. The number of amides is 1. The zero-order chi connectivity index (χ0) is 22.4. The normalized spacial score (nSPS) is 11.1. The number of para-hydroxylation sites is 1. The maximum Gasteiger partial charge on any atom is 0.416 e. The molecular formula is C23H20F3N3O2. The number of benzene rings is 2. The molecule has 0 bridgehead atoms. The van der Waals surface area contributed by atoms with Crippen LogP contribution in [0.1, 0.15) is 27.0 Å². The van der Waals surface area contributed by atoms with Crippen molar-refractivity contribution in [2.75, 3.05) is 10.6 Å². The van der Waals surface area contributed by atoms with Gasteiger partial charge in [0.1, 0.15) is 0 Å². The highest BCUT2D eigenvalue weighted by Gasteiger charge is 2.30. The third-order valence-corrected chi connectivity index (χ3v) is 4.51. The number of carbonyl (C=O) groups excluding carboxylic acids is 1. The molecule has 0 radical (unpaired) electrons. The summed E-state index contributed by atoms with van der Waals surface area (Å²) in [4.78, 5) is 27.2. The summed E-state index contributed by atoms with van der Waals surface area (Å²) in [6.07, 6.45) is -0.858. The minimum Gasteiger partial charge on any atom is -0.380 e. The molecule has 0 atom stereocenters. The third kappa shape index (κ3) is 5.63. The third-order valence-electron chi connectivity index (χ3n) is 4.51. The molecule has 1 aromatic heterocycles. The second-order valence-electron chi connectivity index (χ2n) is 6.79. The lowest BCUT2D eigenvalue weighted by Crippen LogP contribution is -2.16. The molecule has 8 heteroatoms. The van der Waals surface area contributed by atoms with Crippen LogP contribution in [0.25, 0.3) is 0 Å². The lowest BCUT2D eigenvalue weighted by molar-refractivity contribution is -0.137. The van der Waals surface area contributed by atoms with Crippen LogP contribution >= 0.6 is 0 Å². The van der Waals surface area contributed by atoms with Crippen molar-refractivity contribution in [1.82, 2.24) is 4.98 Å². The summed E-state index contributed by atoms with van der Waals surface area (Å²) < 4.78 is 38.7. The molecule has 1 heterocycles. The molecule has 3 rings (SSSR count). The van der Waals surface area contributed by atoms with Crippen molar-refractivity contribution in [1.29, 1.82) is 0 Å². The molecule has 160 valence electrons. The summed E-state index contributed by atoms with van der Waals surface area (Å²) in [6.45, 7) is 3.96. The van der Waals surface area contributed by atoms with Crippen molar-refractivity contribution in [3.8, 4) is 0 Å². The highest BCUT2D eigenvalue weighted by molar-refractivity contribution is 6.08. The van der Waals surface area contributed by atoms with Crippen molar-refractivity contribution < 1.29 is 18.0 Å². The Labute approximate surface area is 176 Å². The van der Waals surface area contributed by atoms with Crippen LogP contribution in [0.3, 0.4) is 0 Å². The van der Waals surface area contributed by atoms with Gasteiger partial charge in [-0.25, -0.2) is 0 Å². The van der Waals surface area contributed by atoms with E-state index in [2.05, 4.69) is 22.2 Å². The first-order chi connectivity index (χ1) is 14.8. The van der Waals surface area contributed by atoms with Gasteiger partial charge in [0.25, 0.3) is 11.5 Å². The molecule has 5 nitrogen and oxygen atoms in total. The molecule has 31 heavy (non-hydrogen) atoms. The minimum absolute atomic E-state index is 0.0457. The van der Waals surface area contributed by atoms with E-state index in [0.29, 0.717) is 24.2 Å². The minimum atomic E-state index is -4.50. The molecule has 0 fully saturated rings. The summed E-state index contributed by atoms with van der Waals surface area (Å²) in [7, 11) is 0. The number of aromatic amines is 1. The number of nitrogens with one attached hydrogen (secondary N) is 3. The van der Waals surface area contributed by atoms with Gasteiger partial charge in [-0.15, -0.1) is 6.58 Å². The highest BCUT2D eigenvalue weighted by Crippen LogP contribution is 2.31. The second-order valence-corrected chi connectivity index (χ2v) is 6.79. The Morgan fingerprint density at radius 3 is 2.61 bits per heavy atom. The fourth-order valence-electron chi connectivity index (χ4n) is 3.00. The number of hydrogen-bond acceptors (Lipinski definition) is 3. The summed E-state index contributed by atoms with van der Waals surface area (Å²) in [6, 6.07) is 12.9. The van der Waals surface area contributed by atoms with Gasteiger partial charge in [0, 0.05) is 29.7 Å². The maximum atomic E-state index is 12.9. The van der Waals surface area contributed by atoms with Gasteiger partial charge >= 0.3 is 6.18 Å². The molecule has 0 aliphatic heterocycles. The molecule has 0 aliphatic rings. The number of anilines is 2. The van der Waals surface area contributed by atoms with Crippen LogP contribution in [-0.4, -0.2) is 10.9 Å². The van der Waals surface area contributed by atoms with E-state index in [9.17, 15) is 22.8 Å². The lowest BCUT2D eigenvalue weighted by atomic mass is 10.1. The van der Waals surface area contributed by atoms with Gasteiger partial charge in [-0.3, -0.25) is 9.59 Å². The van der Waals surface area contributed by atoms with Gasteiger partial charge in [-0.1, -0.05) is 24.3 Å². The monoisotopic (exact) mass is 427 g/mol. The largest absolute Gasteiger partial charge is 0.416 e. The predicted molar refractivity (Wildman–Crippen MR) is 114 cm³/mol. The van der Waals surface area contributed by atoms with E-state index in [1.54, 1.807) is 42.6 Å². The summed E-state index contributed by atoms with van der Waals surface area (Å²) in [5.41, 5.74) is 1.16. The van der Waals surface area contributed by atoms with Crippen LogP contribution in [0, 0.1) is 0 Å². The first-order valence-corrected chi connectivity index (χ1v) is 9.41. The Balaban J connectivity index is 1.76. The quantitative estimate of drug-likeness (QED) is 0.465. The van der Waals surface area contributed by atoms with Crippen LogP contribution in [-0.2, 0) is 19.1 Å². The zero-order valence-electron chi connectivity index (χ0n) is 16.4.